The first-order valence-corrected chi connectivity index (χ1v) is 12.5. The third kappa shape index (κ3) is 8.52. The first-order valence-electron chi connectivity index (χ1n) is 11.7. The summed E-state index contributed by atoms with van der Waals surface area (Å²) in [7, 11) is 0. The molecule has 4 N–H and O–H groups in total. The van der Waals surface area contributed by atoms with Gasteiger partial charge in [0.2, 0.25) is 5.91 Å². The van der Waals surface area contributed by atoms with E-state index in [0.29, 0.717) is 12.1 Å². The van der Waals surface area contributed by atoms with E-state index in [9.17, 15) is 9.59 Å². The lowest BCUT2D eigenvalue weighted by Gasteiger charge is -2.20. The number of fused-ring (bicyclic) bond motifs is 1. The normalized spacial score (nSPS) is 10.9. The molecule has 0 aliphatic heterocycles. The van der Waals surface area contributed by atoms with E-state index in [0.717, 1.165) is 27.8 Å². The highest BCUT2D eigenvalue weighted by atomic mass is 32.2. The molecule has 6 nitrogen and oxygen atoms in total. The Kier molecular flexibility index (Phi) is 9.61. The molecule has 1 aromatic heterocycles. The molecule has 0 aliphatic carbocycles. The molecule has 0 spiro atoms. The van der Waals surface area contributed by atoms with Gasteiger partial charge in [0, 0.05) is 34.1 Å². The molecule has 4 rings (SSSR count). The first-order chi connectivity index (χ1) is 17.2. The minimum absolute atomic E-state index is 0.0239. The van der Waals surface area contributed by atoms with E-state index in [4.69, 9.17) is 5.73 Å². The van der Waals surface area contributed by atoms with Gasteiger partial charge in [0.15, 0.2) is 0 Å². The number of benzene rings is 3. The van der Waals surface area contributed by atoms with E-state index in [1.165, 1.54) is 11.8 Å². The number of carbonyl (C=O) groups is 2. The second-order valence-corrected chi connectivity index (χ2v) is 10.1. The lowest BCUT2D eigenvalue weighted by molar-refractivity contribution is -0.116. The van der Waals surface area contributed by atoms with Gasteiger partial charge in [-0.2, -0.15) is 0 Å². The van der Waals surface area contributed by atoms with Gasteiger partial charge in [-0.1, -0.05) is 60.7 Å². The number of hydrogen-bond acceptors (Lipinski definition) is 5. The monoisotopic (exact) mass is 500 g/mol. The van der Waals surface area contributed by atoms with Crippen LogP contribution in [-0.2, 0) is 11.2 Å². The van der Waals surface area contributed by atoms with Gasteiger partial charge in [-0.3, -0.25) is 19.3 Å². The number of anilines is 1. The van der Waals surface area contributed by atoms with Crippen molar-refractivity contribution >= 4 is 40.2 Å². The summed E-state index contributed by atoms with van der Waals surface area (Å²) in [5, 5.41) is 5.29. The van der Waals surface area contributed by atoms with Crippen molar-refractivity contribution in [2.24, 2.45) is 5.73 Å². The zero-order valence-corrected chi connectivity index (χ0v) is 21.6. The predicted octanol–water partition coefficient (Wildman–Crippen LogP) is 5.99. The van der Waals surface area contributed by atoms with Crippen molar-refractivity contribution in [3.63, 3.8) is 0 Å². The second kappa shape index (κ2) is 12.9. The molecule has 0 bridgehead atoms. The van der Waals surface area contributed by atoms with E-state index >= 15 is 0 Å². The largest absolute Gasteiger partial charge is 0.364 e. The Balaban J connectivity index is 0.000000338. The molecule has 0 aliphatic rings. The van der Waals surface area contributed by atoms with Gasteiger partial charge < -0.3 is 11.1 Å². The van der Waals surface area contributed by atoms with E-state index in [1.807, 2.05) is 36.4 Å². The van der Waals surface area contributed by atoms with Gasteiger partial charge in [0.05, 0.1) is 0 Å². The summed E-state index contributed by atoms with van der Waals surface area (Å²) in [5.41, 5.74) is 7.28. The third-order valence-corrected chi connectivity index (χ3v) is 6.31. The summed E-state index contributed by atoms with van der Waals surface area (Å²) in [6.45, 7) is 6.43. The standard InChI is InChI=1S/C23H26N2OS.C6H6N2O/c1-23(2,3)25-27-21-14-8-11-18-19(21)12-7-13-20(18)24-22(26)16-15-17-9-5-4-6-10-17;7-6(9)5-3-1-2-4-8-5/h4-14,25H,15-16H2,1-3H3,(H,24,26);1-4H,(H2,7,9). The van der Waals surface area contributed by atoms with Gasteiger partial charge >= 0.3 is 0 Å². The summed E-state index contributed by atoms with van der Waals surface area (Å²) in [4.78, 5) is 27.7. The van der Waals surface area contributed by atoms with E-state index in [1.54, 1.807) is 30.1 Å². The lowest BCUT2D eigenvalue weighted by atomic mass is 10.1. The van der Waals surface area contributed by atoms with Crippen LogP contribution < -0.4 is 15.8 Å². The van der Waals surface area contributed by atoms with Gasteiger partial charge in [-0.05, 0) is 74.4 Å². The number of nitrogens with two attached hydrogens (primary N) is 1. The minimum atomic E-state index is -0.490. The van der Waals surface area contributed by atoms with Crippen molar-refractivity contribution in [3.05, 3.63) is 102 Å². The maximum absolute atomic E-state index is 12.4. The Bertz CT molecular complexity index is 1290. The SMILES string of the molecule is CC(C)(C)NSc1cccc2c(NC(=O)CCc3ccccc3)cccc12.NC(=O)c1ccccn1. The Morgan fingerprint density at radius 3 is 2.19 bits per heavy atom. The van der Waals surface area contributed by atoms with Crippen LogP contribution in [0, 0.1) is 0 Å². The smallest absolute Gasteiger partial charge is 0.267 e. The van der Waals surface area contributed by atoms with Gasteiger partial charge in [0.1, 0.15) is 5.69 Å². The topological polar surface area (TPSA) is 97.1 Å². The van der Waals surface area contributed by atoms with Crippen LogP contribution in [0.4, 0.5) is 5.69 Å². The second-order valence-electron chi connectivity index (χ2n) is 9.22. The van der Waals surface area contributed by atoms with Gasteiger partial charge in [-0.25, -0.2) is 0 Å². The lowest BCUT2D eigenvalue weighted by Crippen LogP contribution is -2.29. The number of nitrogens with zero attached hydrogens (tertiary/aromatic N) is 1. The molecule has 4 aromatic rings. The Hall–Kier alpha value is -3.68. The zero-order chi connectivity index (χ0) is 26.0. The highest BCUT2D eigenvalue weighted by Gasteiger charge is 2.12. The average molecular weight is 501 g/mol. The van der Waals surface area contributed by atoms with Gasteiger partial charge in [0.25, 0.3) is 5.91 Å². The highest BCUT2D eigenvalue weighted by Crippen LogP contribution is 2.31. The summed E-state index contributed by atoms with van der Waals surface area (Å²) in [6.07, 6.45) is 2.74. The molecular formula is C29H32N4O2S. The van der Waals surface area contributed by atoms with Crippen LogP contribution in [0.2, 0.25) is 0 Å². The van der Waals surface area contributed by atoms with E-state index in [2.05, 4.69) is 66.1 Å². The molecule has 0 saturated carbocycles. The minimum Gasteiger partial charge on any atom is -0.364 e. The molecule has 0 atom stereocenters. The fourth-order valence-corrected chi connectivity index (χ4v) is 4.16. The van der Waals surface area contributed by atoms with Crippen molar-refractivity contribution < 1.29 is 9.59 Å². The van der Waals surface area contributed by atoms with Crippen LogP contribution in [0.5, 0.6) is 0 Å². The summed E-state index contributed by atoms with van der Waals surface area (Å²) >= 11 is 1.63. The number of hydrogen-bond donors (Lipinski definition) is 3. The summed E-state index contributed by atoms with van der Waals surface area (Å²) in [6, 6.07) is 27.4. The molecule has 0 fully saturated rings. The van der Waals surface area contributed by atoms with Crippen LogP contribution in [-0.4, -0.2) is 22.3 Å². The van der Waals surface area contributed by atoms with Crippen LogP contribution in [0.1, 0.15) is 43.2 Å². The first kappa shape index (κ1) is 26.9. The number of carbonyl (C=O) groups excluding carboxylic acids is 2. The fraction of sp³-hybridized carbons (Fsp3) is 0.207. The van der Waals surface area contributed by atoms with Crippen molar-refractivity contribution in [1.82, 2.24) is 9.71 Å². The predicted molar refractivity (Wildman–Crippen MR) is 149 cm³/mol. The molecule has 0 radical (unpaired) electrons. The maximum atomic E-state index is 12.4. The van der Waals surface area contributed by atoms with E-state index in [-0.39, 0.29) is 11.4 Å². The Morgan fingerprint density at radius 1 is 0.861 bits per heavy atom. The molecular weight excluding hydrogens is 468 g/mol. The zero-order valence-electron chi connectivity index (χ0n) is 20.8. The molecule has 36 heavy (non-hydrogen) atoms. The number of amides is 2. The number of rotatable bonds is 7. The summed E-state index contributed by atoms with van der Waals surface area (Å²) < 4.78 is 3.46. The van der Waals surface area contributed by atoms with Crippen molar-refractivity contribution in [1.29, 1.82) is 0 Å². The highest BCUT2D eigenvalue weighted by molar-refractivity contribution is 7.97. The molecule has 186 valence electrons. The molecule has 0 unspecified atom stereocenters. The number of aromatic nitrogens is 1. The Morgan fingerprint density at radius 2 is 1.56 bits per heavy atom. The molecule has 3 aromatic carbocycles. The van der Waals surface area contributed by atoms with Crippen LogP contribution in [0.25, 0.3) is 10.8 Å². The van der Waals surface area contributed by atoms with Crippen LogP contribution in [0.3, 0.4) is 0 Å². The van der Waals surface area contributed by atoms with Crippen LogP contribution in [0.15, 0.2) is 96.0 Å². The third-order valence-electron chi connectivity index (χ3n) is 5.02. The van der Waals surface area contributed by atoms with Crippen molar-refractivity contribution in [2.75, 3.05) is 5.32 Å². The number of aryl methyl sites for hydroxylation is 1. The number of pyridine rings is 1. The van der Waals surface area contributed by atoms with E-state index < -0.39 is 5.91 Å². The quantitative estimate of drug-likeness (QED) is 0.271. The number of primary amides is 1. The maximum Gasteiger partial charge on any atom is 0.267 e. The molecule has 7 heteroatoms. The molecule has 1 heterocycles. The van der Waals surface area contributed by atoms with Gasteiger partial charge in [-0.15, -0.1) is 0 Å². The van der Waals surface area contributed by atoms with Crippen LogP contribution >= 0.6 is 11.9 Å². The van der Waals surface area contributed by atoms with Crippen molar-refractivity contribution in [3.8, 4) is 0 Å². The molecule has 2 amide bonds. The van der Waals surface area contributed by atoms with Crippen molar-refractivity contribution in [2.45, 2.75) is 44.0 Å². The molecule has 0 saturated heterocycles. The Labute approximate surface area is 216 Å². The summed E-state index contributed by atoms with van der Waals surface area (Å²) in [5.74, 6) is -0.451. The number of nitrogens with one attached hydrogen (secondary N) is 2. The average Bonchev–Trinajstić information content (AvgIpc) is 2.87. The fourth-order valence-electron chi connectivity index (χ4n) is 3.31.